The number of ether oxygens (including phenoxy) is 1. The van der Waals surface area contributed by atoms with Gasteiger partial charge in [-0.1, -0.05) is 18.2 Å². The van der Waals surface area contributed by atoms with E-state index in [0.29, 0.717) is 25.3 Å². The van der Waals surface area contributed by atoms with Gasteiger partial charge >= 0.3 is 0 Å². The minimum Gasteiger partial charge on any atom is -0.379 e. The fourth-order valence-electron chi connectivity index (χ4n) is 3.42. The van der Waals surface area contributed by atoms with E-state index in [-0.39, 0.29) is 11.9 Å². The molecule has 0 bridgehead atoms. The fraction of sp³-hybridized carbons (Fsp3) is 0.300. The topological polar surface area (TPSA) is 85.2 Å². The standard InChI is InChI=1S/C20H22N6O2/c27-20(17-5-1-2-6-18(17)26-14-23-24-15-26)22-13-19(16-4-3-7-21-12-16)25-8-10-28-11-9-25/h1-7,12,14-15,19H,8-11,13H2,(H,22,27). The highest BCUT2D eigenvalue weighted by atomic mass is 16.5. The van der Waals surface area contributed by atoms with Crippen LogP contribution in [0.5, 0.6) is 0 Å². The highest BCUT2D eigenvalue weighted by molar-refractivity contribution is 5.97. The Bertz CT molecular complexity index is 894. The first kappa shape index (κ1) is 18.3. The maximum absolute atomic E-state index is 13.0. The van der Waals surface area contributed by atoms with Crippen molar-refractivity contribution in [2.24, 2.45) is 0 Å². The number of rotatable bonds is 6. The van der Waals surface area contributed by atoms with E-state index < -0.39 is 0 Å². The van der Waals surface area contributed by atoms with Gasteiger partial charge in [-0.25, -0.2) is 0 Å². The van der Waals surface area contributed by atoms with Crippen LogP contribution in [0.15, 0.2) is 61.4 Å². The van der Waals surface area contributed by atoms with Crippen molar-refractivity contribution in [3.05, 3.63) is 72.6 Å². The summed E-state index contributed by atoms with van der Waals surface area (Å²) >= 11 is 0. The Morgan fingerprint density at radius 3 is 2.64 bits per heavy atom. The smallest absolute Gasteiger partial charge is 0.253 e. The average molecular weight is 378 g/mol. The molecule has 1 aromatic carbocycles. The molecule has 1 fully saturated rings. The molecule has 4 rings (SSSR count). The van der Waals surface area contributed by atoms with Crippen molar-refractivity contribution >= 4 is 5.91 Å². The lowest BCUT2D eigenvalue weighted by Crippen LogP contribution is -2.44. The Hall–Kier alpha value is -3.10. The second-order valence-electron chi connectivity index (χ2n) is 6.55. The molecule has 2 aromatic heterocycles. The molecule has 3 heterocycles. The number of para-hydroxylation sites is 1. The summed E-state index contributed by atoms with van der Waals surface area (Å²) in [7, 11) is 0. The highest BCUT2D eigenvalue weighted by Gasteiger charge is 2.24. The normalized spacial score (nSPS) is 15.9. The fourth-order valence-corrected chi connectivity index (χ4v) is 3.42. The zero-order valence-corrected chi connectivity index (χ0v) is 15.4. The number of hydrogen-bond donors (Lipinski definition) is 1. The molecule has 144 valence electrons. The molecule has 0 spiro atoms. The number of aromatic nitrogens is 4. The molecular weight excluding hydrogens is 356 g/mol. The SMILES string of the molecule is O=C(NCC(c1cccnc1)N1CCOCC1)c1ccccc1-n1cnnc1. The predicted molar refractivity (Wildman–Crippen MR) is 103 cm³/mol. The van der Waals surface area contributed by atoms with Gasteiger partial charge in [-0.2, -0.15) is 0 Å². The minimum atomic E-state index is -0.133. The second-order valence-corrected chi connectivity index (χ2v) is 6.55. The maximum atomic E-state index is 13.0. The predicted octanol–water partition coefficient (Wildman–Crippen LogP) is 1.47. The molecular formula is C20H22N6O2. The zero-order valence-electron chi connectivity index (χ0n) is 15.4. The van der Waals surface area contributed by atoms with E-state index in [2.05, 4.69) is 25.4 Å². The monoisotopic (exact) mass is 378 g/mol. The summed E-state index contributed by atoms with van der Waals surface area (Å²) in [6.07, 6.45) is 6.78. The Labute approximate surface area is 163 Å². The number of hydrogen-bond acceptors (Lipinski definition) is 6. The Morgan fingerprint density at radius 2 is 1.89 bits per heavy atom. The first-order valence-corrected chi connectivity index (χ1v) is 9.27. The summed E-state index contributed by atoms with van der Waals surface area (Å²) in [6.45, 7) is 3.53. The molecule has 8 nitrogen and oxygen atoms in total. The molecule has 0 saturated carbocycles. The van der Waals surface area contributed by atoms with Crippen LogP contribution in [0.25, 0.3) is 5.69 Å². The first-order chi connectivity index (χ1) is 13.8. The van der Waals surface area contributed by atoms with E-state index in [1.807, 2.05) is 36.5 Å². The number of nitrogens with one attached hydrogen (secondary N) is 1. The van der Waals surface area contributed by atoms with Crippen LogP contribution in [-0.2, 0) is 4.74 Å². The minimum absolute atomic E-state index is 0.0450. The Morgan fingerprint density at radius 1 is 1.11 bits per heavy atom. The number of carbonyl (C=O) groups is 1. The lowest BCUT2D eigenvalue weighted by atomic mass is 10.1. The molecule has 28 heavy (non-hydrogen) atoms. The number of morpholine rings is 1. The van der Waals surface area contributed by atoms with Crippen LogP contribution in [0.4, 0.5) is 0 Å². The van der Waals surface area contributed by atoms with E-state index in [9.17, 15) is 4.79 Å². The number of pyridine rings is 1. The lowest BCUT2D eigenvalue weighted by Gasteiger charge is -2.34. The van der Waals surface area contributed by atoms with Crippen LogP contribution in [-0.4, -0.2) is 63.4 Å². The Kier molecular flexibility index (Phi) is 5.69. The van der Waals surface area contributed by atoms with Gasteiger partial charge < -0.3 is 10.1 Å². The van der Waals surface area contributed by atoms with Crippen molar-refractivity contribution in [2.45, 2.75) is 6.04 Å². The second kappa shape index (κ2) is 8.73. The van der Waals surface area contributed by atoms with Gasteiger partial charge in [-0.05, 0) is 23.8 Å². The molecule has 0 radical (unpaired) electrons. The van der Waals surface area contributed by atoms with Crippen molar-refractivity contribution in [3.8, 4) is 5.69 Å². The van der Waals surface area contributed by atoms with Crippen LogP contribution in [0.1, 0.15) is 22.0 Å². The average Bonchev–Trinajstić information content (AvgIpc) is 3.30. The van der Waals surface area contributed by atoms with Crippen molar-refractivity contribution in [3.63, 3.8) is 0 Å². The van der Waals surface area contributed by atoms with Crippen molar-refractivity contribution < 1.29 is 9.53 Å². The summed E-state index contributed by atoms with van der Waals surface area (Å²) in [5, 5.41) is 10.8. The van der Waals surface area contributed by atoms with E-state index in [0.717, 1.165) is 24.3 Å². The first-order valence-electron chi connectivity index (χ1n) is 9.27. The van der Waals surface area contributed by atoms with Crippen LogP contribution in [0, 0.1) is 0 Å². The Balaban J connectivity index is 1.52. The van der Waals surface area contributed by atoms with Crippen LogP contribution in [0.3, 0.4) is 0 Å². The number of carbonyl (C=O) groups excluding carboxylic acids is 1. The summed E-state index contributed by atoms with van der Waals surface area (Å²) in [4.78, 5) is 19.5. The third-order valence-electron chi connectivity index (χ3n) is 4.86. The molecule has 1 saturated heterocycles. The van der Waals surface area contributed by atoms with Gasteiger partial charge in [0.1, 0.15) is 12.7 Å². The van der Waals surface area contributed by atoms with Gasteiger partial charge in [0.05, 0.1) is 30.5 Å². The van der Waals surface area contributed by atoms with Crippen LogP contribution in [0.2, 0.25) is 0 Å². The number of amides is 1. The van der Waals surface area contributed by atoms with Crippen LogP contribution >= 0.6 is 0 Å². The van der Waals surface area contributed by atoms with Gasteiger partial charge in [-0.3, -0.25) is 19.2 Å². The maximum Gasteiger partial charge on any atom is 0.253 e. The third-order valence-corrected chi connectivity index (χ3v) is 4.86. The van der Waals surface area contributed by atoms with Crippen molar-refractivity contribution in [1.82, 2.24) is 30.0 Å². The van der Waals surface area contributed by atoms with Gasteiger partial charge in [0.2, 0.25) is 0 Å². The largest absolute Gasteiger partial charge is 0.379 e. The number of benzene rings is 1. The highest BCUT2D eigenvalue weighted by Crippen LogP contribution is 2.21. The van der Waals surface area contributed by atoms with Crippen molar-refractivity contribution in [1.29, 1.82) is 0 Å². The summed E-state index contributed by atoms with van der Waals surface area (Å²) < 4.78 is 7.21. The van der Waals surface area contributed by atoms with Gasteiger partial charge in [0.25, 0.3) is 5.91 Å². The number of nitrogens with zero attached hydrogens (tertiary/aromatic N) is 5. The summed E-state index contributed by atoms with van der Waals surface area (Å²) in [5.74, 6) is -0.133. The van der Waals surface area contributed by atoms with Gasteiger partial charge in [-0.15, -0.1) is 10.2 Å². The molecule has 1 unspecified atom stereocenters. The molecule has 1 atom stereocenters. The van der Waals surface area contributed by atoms with E-state index in [4.69, 9.17) is 4.74 Å². The van der Waals surface area contributed by atoms with E-state index in [1.54, 1.807) is 29.5 Å². The molecule has 8 heteroatoms. The van der Waals surface area contributed by atoms with Crippen molar-refractivity contribution in [2.75, 3.05) is 32.8 Å². The van der Waals surface area contributed by atoms with Gasteiger partial charge in [0.15, 0.2) is 0 Å². The molecule has 1 aliphatic heterocycles. The quantitative estimate of drug-likeness (QED) is 0.699. The van der Waals surface area contributed by atoms with E-state index in [1.165, 1.54) is 0 Å². The van der Waals surface area contributed by atoms with Gasteiger partial charge in [0, 0.05) is 32.0 Å². The molecule has 1 amide bonds. The molecule has 1 N–H and O–H groups in total. The molecule has 0 aliphatic carbocycles. The third kappa shape index (κ3) is 4.08. The molecule has 1 aliphatic rings. The van der Waals surface area contributed by atoms with E-state index >= 15 is 0 Å². The van der Waals surface area contributed by atoms with Crippen LogP contribution < -0.4 is 5.32 Å². The summed E-state index contributed by atoms with van der Waals surface area (Å²) in [6, 6.07) is 11.4. The zero-order chi connectivity index (χ0) is 19.2. The lowest BCUT2D eigenvalue weighted by molar-refractivity contribution is 0.0161. The summed E-state index contributed by atoms with van der Waals surface area (Å²) in [5.41, 5.74) is 2.40. The molecule has 3 aromatic rings.